The fourth-order valence-corrected chi connectivity index (χ4v) is 4.78. The van der Waals surface area contributed by atoms with Crippen LogP contribution in [0, 0.1) is 18.8 Å². The second-order valence-electron chi connectivity index (χ2n) is 6.11. The summed E-state index contributed by atoms with van der Waals surface area (Å²) >= 11 is 3.02. The van der Waals surface area contributed by atoms with Crippen LogP contribution in [0.15, 0.2) is 63.8 Å². The summed E-state index contributed by atoms with van der Waals surface area (Å²) in [5, 5.41) is 6.85. The number of hydrogen-bond donors (Lipinski definition) is 2. The van der Waals surface area contributed by atoms with Gasteiger partial charge in [0.2, 0.25) is 0 Å². The molecule has 5 nitrogen and oxygen atoms in total. The van der Waals surface area contributed by atoms with Crippen LogP contribution in [0.3, 0.4) is 0 Å². The molecule has 4 rings (SSSR count). The van der Waals surface area contributed by atoms with Gasteiger partial charge in [-0.3, -0.25) is 15.1 Å². The molecule has 1 atom stereocenters. The lowest BCUT2D eigenvalue weighted by molar-refractivity contribution is -0.120. The number of aromatic nitrogens is 1. The quantitative estimate of drug-likeness (QED) is 0.512. The van der Waals surface area contributed by atoms with E-state index in [9.17, 15) is 9.59 Å². The van der Waals surface area contributed by atoms with Crippen LogP contribution >= 0.6 is 23.1 Å². The molecule has 2 aromatic heterocycles. The first kappa shape index (κ1) is 18.3. The van der Waals surface area contributed by atoms with Crippen molar-refractivity contribution in [1.82, 2.24) is 15.6 Å². The van der Waals surface area contributed by atoms with Gasteiger partial charge in [0, 0.05) is 32.8 Å². The Morgan fingerprint density at radius 2 is 1.86 bits per heavy atom. The van der Waals surface area contributed by atoms with Crippen molar-refractivity contribution in [2.24, 2.45) is 0 Å². The number of nitrogens with one attached hydrogen (secondary N) is 2. The molecule has 7 heteroatoms. The molecule has 28 heavy (non-hydrogen) atoms. The topological polar surface area (TPSA) is 71.1 Å². The van der Waals surface area contributed by atoms with Crippen molar-refractivity contribution < 1.29 is 9.59 Å². The van der Waals surface area contributed by atoms with Gasteiger partial charge in [-0.05, 0) is 54.8 Å². The number of hydrogen-bond acceptors (Lipinski definition) is 5. The van der Waals surface area contributed by atoms with Gasteiger partial charge in [0.1, 0.15) is 6.04 Å². The molecule has 1 saturated heterocycles. The predicted molar refractivity (Wildman–Crippen MR) is 109 cm³/mol. The van der Waals surface area contributed by atoms with Crippen LogP contribution < -0.4 is 10.6 Å². The molecular weight excluding hydrogens is 390 g/mol. The van der Waals surface area contributed by atoms with Gasteiger partial charge in [-0.15, -0.1) is 11.3 Å². The molecule has 0 radical (unpaired) electrons. The Morgan fingerprint density at radius 1 is 1.07 bits per heavy atom. The normalized spacial score (nSPS) is 15.5. The van der Waals surface area contributed by atoms with Gasteiger partial charge in [0.15, 0.2) is 0 Å². The summed E-state index contributed by atoms with van der Waals surface area (Å²) in [4.78, 5) is 30.3. The zero-order valence-corrected chi connectivity index (χ0v) is 16.5. The van der Waals surface area contributed by atoms with E-state index in [0.717, 1.165) is 31.5 Å². The fourth-order valence-electron chi connectivity index (χ4n) is 2.71. The Bertz CT molecular complexity index is 1110. The summed E-state index contributed by atoms with van der Waals surface area (Å²) in [7, 11) is 0. The number of urea groups is 1. The van der Waals surface area contributed by atoms with E-state index in [1.807, 2.05) is 54.8 Å². The molecule has 3 heterocycles. The molecule has 3 amide bonds. The van der Waals surface area contributed by atoms with Crippen LogP contribution in [0.4, 0.5) is 4.79 Å². The predicted octanol–water partition coefficient (Wildman–Crippen LogP) is 3.88. The lowest BCUT2D eigenvalue weighted by Crippen LogP contribution is -2.22. The van der Waals surface area contributed by atoms with Gasteiger partial charge in [-0.1, -0.05) is 23.6 Å². The second-order valence-corrected chi connectivity index (χ2v) is 8.17. The van der Waals surface area contributed by atoms with Crippen LogP contribution in [0.5, 0.6) is 0 Å². The number of benzene rings is 1. The maximum Gasteiger partial charge on any atom is 0.322 e. The minimum Gasteiger partial charge on any atom is -0.321 e. The summed E-state index contributed by atoms with van der Waals surface area (Å²) in [5.41, 5.74) is 2.80. The van der Waals surface area contributed by atoms with Gasteiger partial charge in [0.05, 0.1) is 4.88 Å². The Balaban J connectivity index is 1.48. The fraction of sp³-hybridized carbons (Fsp3) is 0.0952. The van der Waals surface area contributed by atoms with Gasteiger partial charge in [0.25, 0.3) is 5.91 Å². The van der Waals surface area contributed by atoms with E-state index in [0.29, 0.717) is 0 Å². The number of nitrogens with zero attached hydrogens (tertiary/aromatic N) is 1. The molecule has 1 aromatic carbocycles. The molecule has 1 aliphatic heterocycles. The minimum atomic E-state index is -0.621. The van der Waals surface area contributed by atoms with Crippen molar-refractivity contribution in [3.05, 3.63) is 75.7 Å². The van der Waals surface area contributed by atoms with E-state index in [-0.39, 0.29) is 5.91 Å². The zero-order valence-electron chi connectivity index (χ0n) is 14.9. The first-order valence-electron chi connectivity index (χ1n) is 8.50. The van der Waals surface area contributed by atoms with E-state index in [1.165, 1.54) is 11.3 Å². The van der Waals surface area contributed by atoms with Crippen LogP contribution in [0.25, 0.3) is 0 Å². The van der Waals surface area contributed by atoms with Crippen molar-refractivity contribution >= 4 is 35.0 Å². The molecule has 2 N–H and O–H groups in total. The highest BCUT2D eigenvalue weighted by Crippen LogP contribution is 2.37. The van der Waals surface area contributed by atoms with Gasteiger partial charge >= 0.3 is 6.03 Å². The highest BCUT2D eigenvalue weighted by atomic mass is 32.2. The van der Waals surface area contributed by atoms with Gasteiger partial charge in [-0.2, -0.15) is 0 Å². The summed E-state index contributed by atoms with van der Waals surface area (Å²) in [6.07, 6.45) is 1.75. The molecule has 0 saturated carbocycles. The average molecular weight is 406 g/mol. The molecule has 1 aliphatic rings. The van der Waals surface area contributed by atoms with E-state index in [1.54, 1.807) is 18.0 Å². The summed E-state index contributed by atoms with van der Waals surface area (Å²) in [6.45, 7) is 1.94. The SMILES string of the molecule is Cc1cc(C#Cc2ccc(Sc3ccsc3C3NC(=O)NC3=O)cc2)ccn1. The number of thiophene rings is 1. The van der Waals surface area contributed by atoms with Crippen molar-refractivity contribution in [2.45, 2.75) is 22.8 Å². The summed E-state index contributed by atoms with van der Waals surface area (Å²) in [6, 6.07) is 12.7. The molecule has 0 bridgehead atoms. The average Bonchev–Trinajstić information content (AvgIpc) is 3.26. The van der Waals surface area contributed by atoms with Crippen LogP contribution in [0.2, 0.25) is 0 Å². The Kier molecular flexibility index (Phi) is 5.15. The largest absolute Gasteiger partial charge is 0.322 e. The molecule has 0 aliphatic carbocycles. The third kappa shape index (κ3) is 4.09. The van der Waals surface area contributed by atoms with Crippen molar-refractivity contribution in [1.29, 1.82) is 0 Å². The number of imide groups is 1. The smallest absolute Gasteiger partial charge is 0.321 e. The van der Waals surface area contributed by atoms with E-state index in [2.05, 4.69) is 27.5 Å². The maximum atomic E-state index is 11.9. The number of carbonyl (C=O) groups is 2. The molecule has 1 fully saturated rings. The third-order valence-corrected chi connectivity index (χ3v) is 6.22. The lowest BCUT2D eigenvalue weighted by atomic mass is 10.2. The van der Waals surface area contributed by atoms with E-state index >= 15 is 0 Å². The highest BCUT2D eigenvalue weighted by molar-refractivity contribution is 7.99. The molecule has 0 spiro atoms. The number of rotatable bonds is 3. The molecular formula is C21H15N3O2S2. The Labute approximate surface area is 170 Å². The van der Waals surface area contributed by atoms with Crippen molar-refractivity contribution in [2.75, 3.05) is 0 Å². The van der Waals surface area contributed by atoms with Crippen LogP contribution in [0.1, 0.15) is 27.7 Å². The van der Waals surface area contributed by atoms with Crippen molar-refractivity contribution in [3.8, 4) is 11.8 Å². The number of aryl methyl sites for hydroxylation is 1. The first-order chi connectivity index (χ1) is 13.6. The first-order valence-corrected chi connectivity index (χ1v) is 10.2. The maximum absolute atomic E-state index is 11.9. The summed E-state index contributed by atoms with van der Waals surface area (Å²) < 4.78 is 0. The summed E-state index contributed by atoms with van der Waals surface area (Å²) in [5.74, 6) is 5.98. The second kappa shape index (κ2) is 7.89. The van der Waals surface area contributed by atoms with Gasteiger partial charge < -0.3 is 5.32 Å². The van der Waals surface area contributed by atoms with Crippen molar-refractivity contribution in [3.63, 3.8) is 0 Å². The standard InChI is InChI=1S/C21H15N3O2S2/c1-13-12-15(8-10-22-13)3-2-14-4-6-16(7-5-14)28-17-9-11-27-19(17)18-20(25)24-21(26)23-18/h4-12,18H,1H3,(H2,23,24,25,26). The molecule has 1 unspecified atom stereocenters. The monoisotopic (exact) mass is 405 g/mol. The highest BCUT2D eigenvalue weighted by Gasteiger charge is 2.33. The van der Waals surface area contributed by atoms with E-state index in [4.69, 9.17) is 0 Å². The molecule has 138 valence electrons. The third-order valence-electron chi connectivity index (χ3n) is 4.02. The lowest BCUT2D eigenvalue weighted by Gasteiger charge is -2.08. The van der Waals surface area contributed by atoms with Crippen LogP contribution in [-0.4, -0.2) is 16.9 Å². The van der Waals surface area contributed by atoms with Gasteiger partial charge in [-0.25, -0.2) is 4.79 Å². The minimum absolute atomic E-state index is 0.314. The number of amides is 3. The number of pyridine rings is 1. The zero-order chi connectivity index (χ0) is 19.5. The van der Waals surface area contributed by atoms with Crippen LogP contribution in [-0.2, 0) is 4.79 Å². The number of carbonyl (C=O) groups excluding carboxylic acids is 2. The Hall–Kier alpha value is -3.08. The van der Waals surface area contributed by atoms with E-state index < -0.39 is 12.1 Å². The molecule has 3 aromatic rings. The Morgan fingerprint density at radius 3 is 2.57 bits per heavy atom.